The molecule has 0 amide bonds. The second-order valence-electron chi connectivity index (χ2n) is 2.95. The van der Waals surface area contributed by atoms with Crippen molar-refractivity contribution < 1.29 is 23.9 Å². The molecule has 0 aliphatic heterocycles. The third kappa shape index (κ3) is 9.17. The number of rotatable bonds is 7. The molecule has 0 spiro atoms. The molecular formula is C9H17NO5. The van der Waals surface area contributed by atoms with Gasteiger partial charge in [0.05, 0.1) is 12.7 Å². The molecule has 1 N–H and O–H groups in total. The number of hydroxylamine groups is 1. The normalized spacial score (nSPS) is 10.1. The van der Waals surface area contributed by atoms with Gasteiger partial charge in [0, 0.05) is 0 Å². The highest BCUT2D eigenvalue weighted by Crippen LogP contribution is 1.85. The van der Waals surface area contributed by atoms with Crippen LogP contribution < -0.4 is 5.48 Å². The van der Waals surface area contributed by atoms with Gasteiger partial charge in [0.2, 0.25) is 0 Å². The van der Waals surface area contributed by atoms with Crippen molar-refractivity contribution in [2.45, 2.75) is 26.9 Å². The molecule has 0 aliphatic rings. The first kappa shape index (κ1) is 13.9. The molecule has 0 rings (SSSR count). The number of nitrogens with one attached hydrogen (secondary N) is 1. The minimum atomic E-state index is -0.566. The highest BCUT2D eigenvalue weighted by atomic mass is 16.7. The summed E-state index contributed by atoms with van der Waals surface area (Å²) < 4.78 is 9.15. The van der Waals surface area contributed by atoms with Gasteiger partial charge in [-0.3, -0.25) is 9.63 Å². The number of carbonyl (C=O) groups is 2. The van der Waals surface area contributed by atoms with E-state index in [-0.39, 0.29) is 25.9 Å². The lowest BCUT2D eigenvalue weighted by atomic mass is 10.5. The maximum Gasteiger partial charge on any atom is 0.344 e. The van der Waals surface area contributed by atoms with Gasteiger partial charge >= 0.3 is 11.9 Å². The fourth-order valence-electron chi connectivity index (χ4n) is 0.660. The van der Waals surface area contributed by atoms with Gasteiger partial charge < -0.3 is 9.47 Å². The van der Waals surface area contributed by atoms with E-state index >= 15 is 0 Å². The fourth-order valence-corrected chi connectivity index (χ4v) is 0.660. The van der Waals surface area contributed by atoms with Gasteiger partial charge in [-0.1, -0.05) is 0 Å². The van der Waals surface area contributed by atoms with Gasteiger partial charge in [0.1, 0.15) is 6.54 Å². The van der Waals surface area contributed by atoms with Crippen LogP contribution in [0.3, 0.4) is 0 Å². The Bertz CT molecular complexity index is 205. The molecule has 0 heterocycles. The van der Waals surface area contributed by atoms with E-state index in [0.717, 1.165) is 0 Å². The van der Waals surface area contributed by atoms with E-state index in [1.54, 1.807) is 6.92 Å². The first-order chi connectivity index (χ1) is 7.06. The van der Waals surface area contributed by atoms with Crippen LogP contribution in [0.1, 0.15) is 20.8 Å². The van der Waals surface area contributed by atoms with Gasteiger partial charge in [-0.05, 0) is 20.8 Å². The van der Waals surface area contributed by atoms with Crippen molar-refractivity contribution in [3.05, 3.63) is 0 Å². The Morgan fingerprint density at radius 3 is 2.40 bits per heavy atom. The summed E-state index contributed by atoms with van der Waals surface area (Å²) in [5.74, 6) is -1.13. The lowest BCUT2D eigenvalue weighted by Crippen LogP contribution is -2.29. The molecular weight excluding hydrogens is 202 g/mol. The maximum absolute atomic E-state index is 11.0. The average Bonchev–Trinajstić information content (AvgIpc) is 2.14. The van der Waals surface area contributed by atoms with Crippen molar-refractivity contribution in [1.29, 1.82) is 0 Å². The minimum Gasteiger partial charge on any atom is -0.463 e. The molecule has 15 heavy (non-hydrogen) atoms. The molecule has 0 bridgehead atoms. The SMILES string of the molecule is CCOC(=O)COC(=O)CNOC(C)C. The summed E-state index contributed by atoms with van der Waals surface area (Å²) in [5, 5.41) is 0. The lowest BCUT2D eigenvalue weighted by molar-refractivity contribution is -0.159. The quantitative estimate of drug-likeness (QED) is 0.480. The summed E-state index contributed by atoms with van der Waals surface area (Å²) in [6.45, 7) is 5.12. The van der Waals surface area contributed by atoms with E-state index in [1.807, 2.05) is 13.8 Å². The van der Waals surface area contributed by atoms with Crippen LogP contribution in [0.25, 0.3) is 0 Å². The van der Waals surface area contributed by atoms with E-state index in [0.29, 0.717) is 0 Å². The summed E-state index contributed by atoms with van der Waals surface area (Å²) >= 11 is 0. The number of hydrogen-bond acceptors (Lipinski definition) is 6. The van der Waals surface area contributed by atoms with Crippen molar-refractivity contribution in [2.75, 3.05) is 19.8 Å². The molecule has 0 aromatic carbocycles. The van der Waals surface area contributed by atoms with Crippen LogP contribution in [0.5, 0.6) is 0 Å². The summed E-state index contributed by atoms with van der Waals surface area (Å²) in [6.07, 6.45) is -0.0251. The van der Waals surface area contributed by atoms with Crippen molar-refractivity contribution in [3.8, 4) is 0 Å². The molecule has 0 saturated carbocycles. The Hall–Kier alpha value is -1.14. The first-order valence-electron chi connectivity index (χ1n) is 4.76. The van der Waals surface area contributed by atoms with E-state index < -0.39 is 11.9 Å². The Morgan fingerprint density at radius 2 is 1.87 bits per heavy atom. The second kappa shape index (κ2) is 8.19. The van der Waals surface area contributed by atoms with Crippen molar-refractivity contribution in [3.63, 3.8) is 0 Å². The Balaban J connectivity index is 3.45. The number of ether oxygens (including phenoxy) is 2. The molecule has 0 aliphatic carbocycles. The number of esters is 2. The largest absolute Gasteiger partial charge is 0.463 e. The molecule has 0 aromatic heterocycles. The second-order valence-corrected chi connectivity index (χ2v) is 2.95. The minimum absolute atomic E-state index is 0.0251. The lowest BCUT2D eigenvalue weighted by Gasteiger charge is -2.08. The van der Waals surface area contributed by atoms with Gasteiger partial charge in [-0.25, -0.2) is 4.79 Å². The Labute approximate surface area is 88.8 Å². The Morgan fingerprint density at radius 1 is 1.20 bits per heavy atom. The molecule has 6 heteroatoms. The van der Waals surface area contributed by atoms with Crippen molar-refractivity contribution in [2.24, 2.45) is 0 Å². The van der Waals surface area contributed by atoms with Gasteiger partial charge in [0.25, 0.3) is 0 Å². The summed E-state index contributed by atoms with van der Waals surface area (Å²) in [6, 6.07) is 0. The van der Waals surface area contributed by atoms with Gasteiger partial charge in [-0.15, -0.1) is 0 Å². The molecule has 0 saturated heterocycles. The van der Waals surface area contributed by atoms with Crippen LogP contribution >= 0.6 is 0 Å². The van der Waals surface area contributed by atoms with Crippen LogP contribution in [0, 0.1) is 0 Å². The highest BCUT2D eigenvalue weighted by Gasteiger charge is 2.07. The third-order valence-corrected chi connectivity index (χ3v) is 1.19. The summed E-state index contributed by atoms with van der Waals surface area (Å²) in [5.41, 5.74) is 2.41. The standard InChI is InChI=1S/C9H17NO5/c1-4-13-9(12)6-14-8(11)5-10-15-7(2)3/h7,10H,4-6H2,1-3H3. The predicted octanol–water partition coefficient (Wildman–Crippen LogP) is 0.0223. The third-order valence-electron chi connectivity index (χ3n) is 1.19. The topological polar surface area (TPSA) is 73.9 Å². The van der Waals surface area contributed by atoms with Gasteiger partial charge in [0.15, 0.2) is 6.61 Å². The van der Waals surface area contributed by atoms with E-state index in [4.69, 9.17) is 4.84 Å². The molecule has 88 valence electrons. The molecule has 6 nitrogen and oxygen atoms in total. The zero-order valence-corrected chi connectivity index (χ0v) is 9.24. The van der Waals surface area contributed by atoms with Gasteiger partial charge in [-0.2, -0.15) is 5.48 Å². The molecule has 0 radical (unpaired) electrons. The Kier molecular flexibility index (Phi) is 7.57. The molecule has 0 aromatic rings. The molecule has 0 unspecified atom stereocenters. The van der Waals surface area contributed by atoms with Crippen LogP contribution in [0.4, 0.5) is 0 Å². The maximum atomic E-state index is 11.0. The zero-order valence-electron chi connectivity index (χ0n) is 9.24. The highest BCUT2D eigenvalue weighted by molar-refractivity contribution is 5.77. The first-order valence-corrected chi connectivity index (χ1v) is 4.76. The summed E-state index contributed by atoms with van der Waals surface area (Å²) in [7, 11) is 0. The van der Waals surface area contributed by atoms with E-state index in [1.165, 1.54) is 0 Å². The predicted molar refractivity (Wildman–Crippen MR) is 51.8 cm³/mol. The van der Waals surface area contributed by atoms with E-state index in [2.05, 4.69) is 15.0 Å². The van der Waals surface area contributed by atoms with Crippen molar-refractivity contribution >= 4 is 11.9 Å². The van der Waals surface area contributed by atoms with Crippen LogP contribution in [-0.2, 0) is 23.9 Å². The van der Waals surface area contributed by atoms with Crippen LogP contribution in [-0.4, -0.2) is 37.8 Å². The average molecular weight is 219 g/mol. The monoisotopic (exact) mass is 219 g/mol. The molecule has 0 atom stereocenters. The number of hydrogen-bond donors (Lipinski definition) is 1. The molecule has 0 fully saturated rings. The number of carbonyl (C=O) groups excluding carboxylic acids is 2. The van der Waals surface area contributed by atoms with E-state index in [9.17, 15) is 9.59 Å². The van der Waals surface area contributed by atoms with Crippen molar-refractivity contribution in [1.82, 2.24) is 5.48 Å². The smallest absolute Gasteiger partial charge is 0.344 e. The summed E-state index contributed by atoms with van der Waals surface area (Å²) in [4.78, 5) is 26.6. The van der Waals surface area contributed by atoms with Crippen LogP contribution in [0.15, 0.2) is 0 Å². The van der Waals surface area contributed by atoms with Crippen LogP contribution in [0.2, 0.25) is 0 Å². The zero-order chi connectivity index (χ0) is 11.7. The fraction of sp³-hybridized carbons (Fsp3) is 0.778.